The summed E-state index contributed by atoms with van der Waals surface area (Å²) >= 11 is 0. The molecule has 8 atom stereocenters. The molecule has 5 rings (SSSR count). The van der Waals surface area contributed by atoms with E-state index in [0.717, 1.165) is 25.7 Å². The summed E-state index contributed by atoms with van der Waals surface area (Å²) in [6.07, 6.45) is 12.2. The standard InChI is InChI=1S/C24H32O4/c1-22-9-5-14(25)12-19(22)15-13-16(15)21-17(22)6-10-23(2)18(21)4-3-8-24(23,28)11-7-20(26)27/h3,8,12,15-18,21,28H,4-7,9-11,13H2,1-2H3,(H,26,27)/t15-,16+,17+,18+,21-,22-,23+,24-/m1/s1. The zero-order valence-electron chi connectivity index (χ0n) is 17.0. The summed E-state index contributed by atoms with van der Waals surface area (Å²) in [5.74, 6) is 2.26. The Balaban J connectivity index is 1.51. The van der Waals surface area contributed by atoms with Crippen LogP contribution in [0.15, 0.2) is 23.8 Å². The van der Waals surface area contributed by atoms with Gasteiger partial charge in [0.15, 0.2) is 5.78 Å². The molecule has 28 heavy (non-hydrogen) atoms. The molecule has 5 aliphatic rings. The van der Waals surface area contributed by atoms with Gasteiger partial charge >= 0.3 is 5.97 Å². The molecular weight excluding hydrogens is 352 g/mol. The smallest absolute Gasteiger partial charge is 0.303 e. The van der Waals surface area contributed by atoms with Crippen molar-refractivity contribution in [2.24, 2.45) is 40.4 Å². The van der Waals surface area contributed by atoms with Crippen LogP contribution < -0.4 is 0 Å². The summed E-state index contributed by atoms with van der Waals surface area (Å²) in [6, 6.07) is 0. The molecule has 0 amide bonds. The molecule has 0 aliphatic heterocycles. The molecule has 0 aromatic heterocycles. The number of carboxylic acids is 1. The average molecular weight is 385 g/mol. The number of aliphatic hydroxyl groups is 1. The zero-order valence-corrected chi connectivity index (χ0v) is 17.0. The number of hydrogen-bond donors (Lipinski definition) is 2. The summed E-state index contributed by atoms with van der Waals surface area (Å²) in [5, 5.41) is 20.8. The van der Waals surface area contributed by atoms with Crippen LogP contribution in [0.3, 0.4) is 0 Å². The average Bonchev–Trinajstić information content (AvgIpc) is 3.43. The number of aliphatic carboxylic acids is 1. The van der Waals surface area contributed by atoms with Crippen molar-refractivity contribution < 1.29 is 19.8 Å². The highest BCUT2D eigenvalue weighted by molar-refractivity contribution is 5.92. The van der Waals surface area contributed by atoms with E-state index in [-0.39, 0.29) is 17.3 Å². The molecule has 0 bridgehead atoms. The van der Waals surface area contributed by atoms with E-state index in [1.165, 1.54) is 12.0 Å². The maximum absolute atomic E-state index is 12.1. The topological polar surface area (TPSA) is 74.6 Å². The minimum Gasteiger partial charge on any atom is -0.481 e. The largest absolute Gasteiger partial charge is 0.481 e. The molecule has 4 nitrogen and oxygen atoms in total. The summed E-state index contributed by atoms with van der Waals surface area (Å²) in [4.78, 5) is 23.3. The van der Waals surface area contributed by atoms with Gasteiger partial charge in [0.2, 0.25) is 0 Å². The number of allylic oxidation sites excluding steroid dienone is 3. The fourth-order valence-electron chi connectivity index (χ4n) is 7.96. The van der Waals surface area contributed by atoms with Crippen molar-refractivity contribution in [3.8, 4) is 0 Å². The van der Waals surface area contributed by atoms with E-state index < -0.39 is 11.6 Å². The molecule has 152 valence electrons. The molecule has 0 saturated heterocycles. The Morgan fingerprint density at radius 3 is 2.79 bits per heavy atom. The van der Waals surface area contributed by atoms with Crippen LogP contribution in [0.2, 0.25) is 0 Å². The van der Waals surface area contributed by atoms with Gasteiger partial charge in [-0.05, 0) is 79.6 Å². The quantitative estimate of drug-likeness (QED) is 0.717. The number of carbonyl (C=O) groups is 2. The van der Waals surface area contributed by atoms with Gasteiger partial charge in [-0.15, -0.1) is 0 Å². The van der Waals surface area contributed by atoms with Gasteiger partial charge in [0.25, 0.3) is 0 Å². The number of fused-ring (bicyclic) bond motifs is 8. The van der Waals surface area contributed by atoms with Gasteiger partial charge in [-0.3, -0.25) is 9.59 Å². The highest BCUT2D eigenvalue weighted by Gasteiger charge is 2.68. The van der Waals surface area contributed by atoms with Crippen LogP contribution in [0.25, 0.3) is 0 Å². The van der Waals surface area contributed by atoms with E-state index in [0.29, 0.717) is 48.2 Å². The fraction of sp³-hybridized carbons (Fsp3) is 0.750. The highest BCUT2D eigenvalue weighted by atomic mass is 16.4. The first-order valence-corrected chi connectivity index (χ1v) is 11.1. The summed E-state index contributed by atoms with van der Waals surface area (Å²) in [5.41, 5.74) is 0.292. The lowest BCUT2D eigenvalue weighted by Crippen LogP contribution is -2.60. The zero-order chi connectivity index (χ0) is 19.9. The van der Waals surface area contributed by atoms with Crippen molar-refractivity contribution in [1.29, 1.82) is 0 Å². The number of carboxylic acid groups (broad SMARTS) is 1. The second-order valence-electron chi connectivity index (χ2n) is 10.7. The Hall–Kier alpha value is -1.42. The monoisotopic (exact) mass is 384 g/mol. The molecule has 3 fully saturated rings. The minimum atomic E-state index is -1.02. The Morgan fingerprint density at radius 1 is 1.25 bits per heavy atom. The lowest BCUT2D eigenvalue weighted by Gasteiger charge is -2.62. The lowest BCUT2D eigenvalue weighted by molar-refractivity contribution is -0.160. The van der Waals surface area contributed by atoms with Crippen LogP contribution in [0.1, 0.15) is 65.2 Å². The van der Waals surface area contributed by atoms with Gasteiger partial charge in [0.1, 0.15) is 0 Å². The molecule has 4 heteroatoms. The molecule has 0 spiro atoms. The predicted molar refractivity (Wildman–Crippen MR) is 105 cm³/mol. The van der Waals surface area contributed by atoms with Crippen molar-refractivity contribution in [3.05, 3.63) is 23.8 Å². The van der Waals surface area contributed by atoms with Crippen molar-refractivity contribution >= 4 is 11.8 Å². The molecule has 0 aromatic carbocycles. The van der Waals surface area contributed by atoms with Crippen LogP contribution in [0, 0.1) is 40.4 Å². The highest BCUT2D eigenvalue weighted by Crippen LogP contribution is 2.73. The number of ketones is 1. The lowest BCUT2D eigenvalue weighted by atomic mass is 9.43. The van der Waals surface area contributed by atoms with Crippen LogP contribution in [0.4, 0.5) is 0 Å². The van der Waals surface area contributed by atoms with E-state index in [1.54, 1.807) is 0 Å². The molecule has 2 N–H and O–H groups in total. The summed E-state index contributed by atoms with van der Waals surface area (Å²) < 4.78 is 0. The van der Waals surface area contributed by atoms with Gasteiger partial charge in [-0.1, -0.05) is 31.6 Å². The van der Waals surface area contributed by atoms with E-state index >= 15 is 0 Å². The van der Waals surface area contributed by atoms with Crippen LogP contribution in [0.5, 0.6) is 0 Å². The molecule has 0 unspecified atom stereocenters. The second-order valence-corrected chi connectivity index (χ2v) is 10.7. The summed E-state index contributed by atoms with van der Waals surface area (Å²) in [6.45, 7) is 4.62. The first-order chi connectivity index (χ1) is 13.2. The van der Waals surface area contributed by atoms with Crippen molar-refractivity contribution in [3.63, 3.8) is 0 Å². The van der Waals surface area contributed by atoms with E-state index in [1.807, 2.05) is 12.2 Å². The van der Waals surface area contributed by atoms with Crippen LogP contribution >= 0.6 is 0 Å². The van der Waals surface area contributed by atoms with E-state index in [4.69, 9.17) is 0 Å². The van der Waals surface area contributed by atoms with Gasteiger partial charge < -0.3 is 10.2 Å². The molecule has 5 aliphatic carbocycles. The van der Waals surface area contributed by atoms with Crippen molar-refractivity contribution in [1.82, 2.24) is 0 Å². The second kappa shape index (κ2) is 5.81. The molecule has 0 aromatic rings. The molecule has 3 saturated carbocycles. The predicted octanol–water partition coefficient (Wildman–Crippen LogP) is 4.14. The minimum absolute atomic E-state index is 0.00993. The molecule has 0 radical (unpaired) electrons. The SMILES string of the molecule is C[C@]12CCC(=O)C=C1[C@@H]1C[C@@H]1[C@@H]1[C@@H]2CC[C@@]2(C)[C@H]1CC=C[C@@]2(O)CCC(=O)O. The first kappa shape index (κ1) is 18.6. The van der Waals surface area contributed by atoms with E-state index in [2.05, 4.69) is 19.9 Å². The fourth-order valence-corrected chi connectivity index (χ4v) is 7.96. The Bertz CT molecular complexity index is 796. The molecular formula is C24H32O4. The van der Waals surface area contributed by atoms with E-state index in [9.17, 15) is 19.8 Å². The maximum Gasteiger partial charge on any atom is 0.303 e. The Morgan fingerprint density at radius 2 is 2.04 bits per heavy atom. The van der Waals surface area contributed by atoms with Crippen LogP contribution in [-0.2, 0) is 9.59 Å². The van der Waals surface area contributed by atoms with Gasteiger partial charge in [-0.2, -0.15) is 0 Å². The van der Waals surface area contributed by atoms with Crippen LogP contribution in [-0.4, -0.2) is 27.6 Å². The number of carbonyl (C=O) groups excluding carboxylic acids is 1. The normalized spacial score (nSPS) is 51.3. The maximum atomic E-state index is 12.1. The summed E-state index contributed by atoms with van der Waals surface area (Å²) in [7, 11) is 0. The third-order valence-electron chi connectivity index (χ3n) is 9.63. The first-order valence-electron chi connectivity index (χ1n) is 11.1. The third kappa shape index (κ3) is 2.33. The number of hydrogen-bond acceptors (Lipinski definition) is 3. The van der Waals surface area contributed by atoms with Crippen molar-refractivity contribution in [2.75, 3.05) is 0 Å². The van der Waals surface area contributed by atoms with Gasteiger partial charge in [-0.25, -0.2) is 0 Å². The Labute approximate surface area is 167 Å². The Kier molecular flexibility index (Phi) is 3.86. The van der Waals surface area contributed by atoms with Gasteiger partial charge in [0.05, 0.1) is 5.60 Å². The number of rotatable bonds is 3. The molecule has 0 heterocycles. The van der Waals surface area contributed by atoms with Crippen molar-refractivity contribution in [2.45, 2.75) is 70.8 Å². The third-order valence-corrected chi connectivity index (χ3v) is 9.63. The van der Waals surface area contributed by atoms with Gasteiger partial charge in [0, 0.05) is 18.3 Å².